The molecule has 0 radical (unpaired) electrons. The molecule has 4 heteroatoms. The summed E-state index contributed by atoms with van der Waals surface area (Å²) < 4.78 is 10.4. The predicted octanol–water partition coefficient (Wildman–Crippen LogP) is 1.37. The summed E-state index contributed by atoms with van der Waals surface area (Å²) in [5, 5.41) is 0. The molecule has 0 atom stereocenters. The van der Waals surface area contributed by atoms with Gasteiger partial charge in [0, 0.05) is 19.4 Å². The lowest BCUT2D eigenvalue weighted by Gasteiger charge is -2.04. The van der Waals surface area contributed by atoms with Crippen molar-refractivity contribution in [2.24, 2.45) is 0 Å². The first-order chi connectivity index (χ1) is 7.13. The van der Waals surface area contributed by atoms with Crippen molar-refractivity contribution in [2.45, 2.75) is 33.1 Å². The zero-order chi connectivity index (χ0) is 11.5. The Balaban J connectivity index is 2.99. The Labute approximate surface area is 90.9 Å². The second-order valence-corrected chi connectivity index (χ2v) is 3.48. The van der Waals surface area contributed by atoms with Crippen LogP contribution in [0.15, 0.2) is 0 Å². The lowest BCUT2D eigenvalue weighted by atomic mass is 10.2. The van der Waals surface area contributed by atoms with Gasteiger partial charge < -0.3 is 14.3 Å². The lowest BCUT2D eigenvalue weighted by Crippen LogP contribution is -2.08. The van der Waals surface area contributed by atoms with Crippen LogP contribution in [0.2, 0.25) is 0 Å². The highest BCUT2D eigenvalue weighted by Gasteiger charge is 1.95. The van der Waals surface area contributed by atoms with Crippen LogP contribution in [0.4, 0.5) is 0 Å². The molecule has 0 rings (SSSR count). The van der Waals surface area contributed by atoms with E-state index < -0.39 is 0 Å². The van der Waals surface area contributed by atoms with Gasteiger partial charge >= 0.3 is 0 Å². The van der Waals surface area contributed by atoms with Gasteiger partial charge in [-0.25, -0.2) is 0 Å². The summed E-state index contributed by atoms with van der Waals surface area (Å²) in [7, 11) is 0. The summed E-state index contributed by atoms with van der Waals surface area (Å²) in [6, 6.07) is 0. The molecule has 0 aliphatic heterocycles. The van der Waals surface area contributed by atoms with Crippen molar-refractivity contribution in [1.82, 2.24) is 0 Å². The topological polar surface area (TPSA) is 52.6 Å². The normalized spacial score (nSPS) is 10.3. The van der Waals surface area contributed by atoms with Crippen LogP contribution in [-0.2, 0) is 19.1 Å². The molecule has 0 aromatic carbocycles. The highest BCUT2D eigenvalue weighted by Crippen LogP contribution is 1.91. The fraction of sp³-hybridized carbons (Fsp3) is 0.818. The SMILES string of the molecule is CC(=O)CCCOCCOCCC(C)=O. The third kappa shape index (κ3) is 13.3. The van der Waals surface area contributed by atoms with E-state index in [1.807, 2.05) is 0 Å². The first-order valence-electron chi connectivity index (χ1n) is 5.27. The largest absolute Gasteiger partial charge is 0.379 e. The molecule has 88 valence electrons. The fourth-order valence-electron chi connectivity index (χ4n) is 0.961. The molecule has 0 bridgehead atoms. The minimum atomic E-state index is 0.136. The number of hydrogen-bond donors (Lipinski definition) is 0. The third-order valence-corrected chi connectivity index (χ3v) is 1.79. The average molecular weight is 216 g/mol. The maximum absolute atomic E-state index is 10.6. The zero-order valence-corrected chi connectivity index (χ0v) is 9.58. The smallest absolute Gasteiger partial charge is 0.132 e. The van der Waals surface area contributed by atoms with Gasteiger partial charge in [0.2, 0.25) is 0 Å². The van der Waals surface area contributed by atoms with E-state index in [9.17, 15) is 9.59 Å². The van der Waals surface area contributed by atoms with Crippen LogP contribution in [0.5, 0.6) is 0 Å². The van der Waals surface area contributed by atoms with Crippen LogP contribution >= 0.6 is 0 Å². The summed E-state index contributed by atoms with van der Waals surface area (Å²) in [6.45, 7) is 5.21. The van der Waals surface area contributed by atoms with E-state index in [0.29, 0.717) is 39.3 Å². The number of hydrogen-bond acceptors (Lipinski definition) is 4. The van der Waals surface area contributed by atoms with Gasteiger partial charge in [-0.3, -0.25) is 4.79 Å². The van der Waals surface area contributed by atoms with E-state index in [1.54, 1.807) is 13.8 Å². The molecule has 15 heavy (non-hydrogen) atoms. The Morgan fingerprint density at radius 1 is 0.800 bits per heavy atom. The lowest BCUT2D eigenvalue weighted by molar-refractivity contribution is -0.118. The molecule has 0 saturated carbocycles. The van der Waals surface area contributed by atoms with Gasteiger partial charge in [-0.1, -0.05) is 0 Å². The Morgan fingerprint density at radius 3 is 1.87 bits per heavy atom. The minimum absolute atomic E-state index is 0.136. The summed E-state index contributed by atoms with van der Waals surface area (Å²) in [6.07, 6.45) is 1.80. The van der Waals surface area contributed by atoms with E-state index >= 15 is 0 Å². The average Bonchev–Trinajstić information content (AvgIpc) is 2.14. The van der Waals surface area contributed by atoms with Gasteiger partial charge in [0.05, 0.1) is 19.8 Å². The molecule has 0 amide bonds. The highest BCUT2D eigenvalue weighted by molar-refractivity contribution is 5.75. The van der Waals surface area contributed by atoms with Crippen LogP contribution in [0.3, 0.4) is 0 Å². The molecular weight excluding hydrogens is 196 g/mol. The van der Waals surface area contributed by atoms with E-state index in [2.05, 4.69) is 0 Å². The van der Waals surface area contributed by atoms with Crippen molar-refractivity contribution >= 4 is 11.6 Å². The number of ketones is 2. The Hall–Kier alpha value is -0.740. The number of Topliss-reactive ketones (excluding diaryl/α,β-unsaturated/α-hetero) is 2. The number of carbonyl (C=O) groups excluding carboxylic acids is 2. The van der Waals surface area contributed by atoms with Crippen molar-refractivity contribution in [3.8, 4) is 0 Å². The van der Waals surface area contributed by atoms with Crippen LogP contribution in [0, 0.1) is 0 Å². The van der Waals surface area contributed by atoms with Gasteiger partial charge in [-0.05, 0) is 20.3 Å². The van der Waals surface area contributed by atoms with E-state index in [1.165, 1.54) is 0 Å². The number of ether oxygens (including phenoxy) is 2. The monoisotopic (exact) mass is 216 g/mol. The second-order valence-electron chi connectivity index (χ2n) is 3.48. The van der Waals surface area contributed by atoms with Gasteiger partial charge in [-0.15, -0.1) is 0 Å². The van der Waals surface area contributed by atoms with E-state index in [-0.39, 0.29) is 11.6 Å². The number of rotatable bonds is 10. The molecule has 0 fully saturated rings. The summed E-state index contributed by atoms with van der Waals surface area (Å²) in [5.41, 5.74) is 0. The van der Waals surface area contributed by atoms with Crippen LogP contribution in [-0.4, -0.2) is 38.0 Å². The van der Waals surface area contributed by atoms with Crippen molar-refractivity contribution in [1.29, 1.82) is 0 Å². The molecule has 0 saturated heterocycles. The standard InChI is InChI=1S/C11H20O4/c1-10(12)4-3-6-14-8-9-15-7-5-11(2)13/h3-9H2,1-2H3. The highest BCUT2D eigenvalue weighted by atomic mass is 16.5. The molecular formula is C11H20O4. The number of carbonyl (C=O) groups is 2. The van der Waals surface area contributed by atoms with Crippen molar-refractivity contribution in [3.63, 3.8) is 0 Å². The molecule has 0 aliphatic rings. The molecule has 4 nitrogen and oxygen atoms in total. The van der Waals surface area contributed by atoms with Crippen LogP contribution in [0.25, 0.3) is 0 Å². The van der Waals surface area contributed by atoms with E-state index in [0.717, 1.165) is 6.42 Å². The van der Waals surface area contributed by atoms with Crippen molar-refractivity contribution in [2.75, 3.05) is 26.4 Å². The summed E-state index contributed by atoms with van der Waals surface area (Å²) >= 11 is 0. The first kappa shape index (κ1) is 14.3. The fourth-order valence-corrected chi connectivity index (χ4v) is 0.961. The minimum Gasteiger partial charge on any atom is -0.379 e. The van der Waals surface area contributed by atoms with Crippen molar-refractivity contribution < 1.29 is 19.1 Å². The Bertz CT molecular complexity index is 169. The van der Waals surface area contributed by atoms with E-state index in [4.69, 9.17) is 9.47 Å². The zero-order valence-electron chi connectivity index (χ0n) is 9.58. The summed E-state index contributed by atoms with van der Waals surface area (Å²) in [5.74, 6) is 0.327. The molecule has 0 heterocycles. The Morgan fingerprint density at radius 2 is 1.33 bits per heavy atom. The molecule has 0 spiro atoms. The van der Waals surface area contributed by atoms with Crippen LogP contribution < -0.4 is 0 Å². The van der Waals surface area contributed by atoms with Gasteiger partial charge in [-0.2, -0.15) is 0 Å². The quantitative estimate of drug-likeness (QED) is 0.517. The predicted molar refractivity (Wildman–Crippen MR) is 56.9 cm³/mol. The molecule has 0 unspecified atom stereocenters. The molecule has 0 aliphatic carbocycles. The van der Waals surface area contributed by atoms with Gasteiger partial charge in [0.15, 0.2) is 0 Å². The molecule has 0 N–H and O–H groups in total. The maximum Gasteiger partial charge on any atom is 0.132 e. The first-order valence-corrected chi connectivity index (χ1v) is 5.27. The van der Waals surface area contributed by atoms with Gasteiger partial charge in [0.1, 0.15) is 11.6 Å². The molecule has 0 aromatic heterocycles. The van der Waals surface area contributed by atoms with Crippen LogP contribution in [0.1, 0.15) is 33.1 Å². The van der Waals surface area contributed by atoms with Gasteiger partial charge in [0.25, 0.3) is 0 Å². The second kappa shape index (κ2) is 9.80. The van der Waals surface area contributed by atoms with Crippen molar-refractivity contribution in [3.05, 3.63) is 0 Å². The molecule has 0 aromatic rings. The third-order valence-electron chi connectivity index (χ3n) is 1.79. The summed E-state index contributed by atoms with van der Waals surface area (Å²) in [4.78, 5) is 21.1. The maximum atomic E-state index is 10.6. The Kier molecular flexibility index (Phi) is 9.32.